The second-order valence-electron chi connectivity index (χ2n) is 4.08. The SMILES string of the molecule is O=[N+]([O-])c1cc(CO)cc(CNC2CC2)c1. The molecule has 0 atom stereocenters. The lowest BCUT2D eigenvalue weighted by Crippen LogP contribution is -2.15. The monoisotopic (exact) mass is 222 g/mol. The molecule has 1 aromatic carbocycles. The molecule has 1 aliphatic rings. The summed E-state index contributed by atoms with van der Waals surface area (Å²) in [5, 5.41) is 23.0. The Kier molecular flexibility index (Phi) is 3.17. The zero-order valence-corrected chi connectivity index (χ0v) is 8.85. The molecular formula is C11H14N2O3. The van der Waals surface area contributed by atoms with Crippen molar-refractivity contribution in [1.29, 1.82) is 0 Å². The molecule has 1 saturated carbocycles. The second kappa shape index (κ2) is 4.59. The van der Waals surface area contributed by atoms with Crippen LogP contribution in [0, 0.1) is 10.1 Å². The Morgan fingerprint density at radius 3 is 2.62 bits per heavy atom. The molecule has 5 nitrogen and oxygen atoms in total. The van der Waals surface area contributed by atoms with Crippen LogP contribution in [0.3, 0.4) is 0 Å². The molecule has 86 valence electrons. The number of rotatable bonds is 5. The predicted molar refractivity (Wildman–Crippen MR) is 58.9 cm³/mol. The summed E-state index contributed by atoms with van der Waals surface area (Å²) in [5.74, 6) is 0. The zero-order valence-electron chi connectivity index (χ0n) is 8.85. The predicted octanol–water partition coefficient (Wildman–Crippen LogP) is 1.34. The van der Waals surface area contributed by atoms with Crippen LogP contribution in [-0.2, 0) is 13.2 Å². The molecule has 1 aliphatic carbocycles. The fraction of sp³-hybridized carbons (Fsp3) is 0.455. The van der Waals surface area contributed by atoms with Crippen molar-refractivity contribution in [1.82, 2.24) is 5.32 Å². The maximum Gasteiger partial charge on any atom is 0.270 e. The van der Waals surface area contributed by atoms with Gasteiger partial charge in [0.05, 0.1) is 11.5 Å². The van der Waals surface area contributed by atoms with E-state index in [4.69, 9.17) is 5.11 Å². The van der Waals surface area contributed by atoms with Gasteiger partial charge in [0.15, 0.2) is 0 Å². The average molecular weight is 222 g/mol. The normalized spacial score (nSPS) is 15.1. The van der Waals surface area contributed by atoms with Gasteiger partial charge in [0.25, 0.3) is 5.69 Å². The van der Waals surface area contributed by atoms with Gasteiger partial charge in [-0.15, -0.1) is 0 Å². The minimum absolute atomic E-state index is 0.0409. The van der Waals surface area contributed by atoms with Crippen molar-refractivity contribution in [2.45, 2.75) is 32.0 Å². The highest BCUT2D eigenvalue weighted by molar-refractivity contribution is 5.39. The van der Waals surface area contributed by atoms with Gasteiger partial charge in [0.2, 0.25) is 0 Å². The highest BCUT2D eigenvalue weighted by Gasteiger charge is 2.20. The third-order valence-electron chi connectivity index (χ3n) is 2.60. The summed E-state index contributed by atoms with van der Waals surface area (Å²) >= 11 is 0. The quantitative estimate of drug-likeness (QED) is 0.582. The summed E-state index contributed by atoms with van der Waals surface area (Å²) in [5.41, 5.74) is 1.48. The Hall–Kier alpha value is -1.46. The van der Waals surface area contributed by atoms with Crippen molar-refractivity contribution < 1.29 is 10.0 Å². The lowest BCUT2D eigenvalue weighted by Gasteiger charge is -2.05. The first-order valence-electron chi connectivity index (χ1n) is 5.30. The van der Waals surface area contributed by atoms with Crippen LogP contribution in [0.15, 0.2) is 18.2 Å². The number of aliphatic hydroxyl groups is 1. The maximum atomic E-state index is 10.7. The van der Waals surface area contributed by atoms with Gasteiger partial charge in [0, 0.05) is 24.7 Å². The van der Waals surface area contributed by atoms with E-state index in [0.717, 1.165) is 5.56 Å². The number of aliphatic hydroxyl groups excluding tert-OH is 1. The fourth-order valence-corrected chi connectivity index (χ4v) is 1.59. The van der Waals surface area contributed by atoms with E-state index >= 15 is 0 Å². The summed E-state index contributed by atoms with van der Waals surface area (Å²) in [6, 6.07) is 5.31. The topological polar surface area (TPSA) is 75.4 Å². The van der Waals surface area contributed by atoms with Crippen LogP contribution in [0.1, 0.15) is 24.0 Å². The van der Waals surface area contributed by atoms with Crippen LogP contribution >= 0.6 is 0 Å². The third kappa shape index (κ3) is 2.77. The second-order valence-corrected chi connectivity index (χ2v) is 4.08. The van der Waals surface area contributed by atoms with Crippen LogP contribution < -0.4 is 5.32 Å². The number of nitrogens with zero attached hydrogens (tertiary/aromatic N) is 1. The molecule has 0 aromatic heterocycles. The molecule has 0 aliphatic heterocycles. The minimum Gasteiger partial charge on any atom is -0.392 e. The Morgan fingerprint density at radius 2 is 2.06 bits per heavy atom. The Morgan fingerprint density at radius 1 is 1.38 bits per heavy atom. The van der Waals surface area contributed by atoms with Crippen LogP contribution in [0.25, 0.3) is 0 Å². The number of hydrogen-bond donors (Lipinski definition) is 2. The zero-order chi connectivity index (χ0) is 11.5. The van der Waals surface area contributed by atoms with Crippen molar-refractivity contribution in [3.05, 3.63) is 39.4 Å². The number of nitro groups is 1. The largest absolute Gasteiger partial charge is 0.392 e. The van der Waals surface area contributed by atoms with E-state index in [-0.39, 0.29) is 12.3 Å². The van der Waals surface area contributed by atoms with Crippen molar-refractivity contribution in [2.24, 2.45) is 0 Å². The molecule has 0 radical (unpaired) electrons. The van der Waals surface area contributed by atoms with E-state index in [1.165, 1.54) is 18.9 Å². The van der Waals surface area contributed by atoms with Gasteiger partial charge >= 0.3 is 0 Å². The lowest BCUT2D eigenvalue weighted by molar-refractivity contribution is -0.385. The molecule has 0 heterocycles. The molecule has 0 bridgehead atoms. The number of nitro benzene ring substituents is 1. The van der Waals surface area contributed by atoms with Gasteiger partial charge in [-0.25, -0.2) is 0 Å². The highest BCUT2D eigenvalue weighted by atomic mass is 16.6. The van der Waals surface area contributed by atoms with E-state index in [1.807, 2.05) is 0 Å². The summed E-state index contributed by atoms with van der Waals surface area (Å²) < 4.78 is 0. The van der Waals surface area contributed by atoms with Gasteiger partial charge in [-0.3, -0.25) is 10.1 Å². The summed E-state index contributed by atoms with van der Waals surface area (Å²) in [6.07, 6.45) is 2.36. The van der Waals surface area contributed by atoms with Gasteiger partial charge in [-0.2, -0.15) is 0 Å². The summed E-state index contributed by atoms with van der Waals surface area (Å²) in [6.45, 7) is 0.456. The molecule has 0 saturated heterocycles. The molecule has 0 amide bonds. The molecule has 0 unspecified atom stereocenters. The van der Waals surface area contributed by atoms with E-state index in [2.05, 4.69) is 5.32 Å². The van der Waals surface area contributed by atoms with E-state index in [0.29, 0.717) is 18.2 Å². The summed E-state index contributed by atoms with van der Waals surface area (Å²) in [4.78, 5) is 10.2. The van der Waals surface area contributed by atoms with E-state index < -0.39 is 4.92 Å². The maximum absolute atomic E-state index is 10.7. The molecule has 1 aromatic rings. The highest BCUT2D eigenvalue weighted by Crippen LogP contribution is 2.21. The first-order chi connectivity index (χ1) is 7.69. The molecule has 1 fully saturated rings. The summed E-state index contributed by atoms with van der Waals surface area (Å²) in [7, 11) is 0. The van der Waals surface area contributed by atoms with Gasteiger partial charge < -0.3 is 10.4 Å². The van der Waals surface area contributed by atoms with Gasteiger partial charge in [-0.05, 0) is 24.0 Å². The smallest absolute Gasteiger partial charge is 0.270 e. The molecule has 0 spiro atoms. The number of benzene rings is 1. The minimum atomic E-state index is -0.431. The molecular weight excluding hydrogens is 208 g/mol. The lowest BCUT2D eigenvalue weighted by atomic mass is 10.1. The van der Waals surface area contributed by atoms with Crippen molar-refractivity contribution in [3.63, 3.8) is 0 Å². The van der Waals surface area contributed by atoms with Crippen molar-refractivity contribution in [2.75, 3.05) is 0 Å². The van der Waals surface area contributed by atoms with Crippen LogP contribution in [0.5, 0.6) is 0 Å². The average Bonchev–Trinajstić information content (AvgIpc) is 3.09. The Labute approximate surface area is 93.2 Å². The first-order valence-corrected chi connectivity index (χ1v) is 5.30. The van der Waals surface area contributed by atoms with Crippen LogP contribution in [-0.4, -0.2) is 16.1 Å². The van der Waals surface area contributed by atoms with Gasteiger partial charge in [-0.1, -0.05) is 6.07 Å². The number of nitrogens with one attached hydrogen (secondary N) is 1. The number of hydrogen-bond acceptors (Lipinski definition) is 4. The number of non-ortho nitro benzene ring substituents is 1. The van der Waals surface area contributed by atoms with E-state index in [1.54, 1.807) is 12.1 Å². The Balaban J connectivity index is 2.14. The van der Waals surface area contributed by atoms with Crippen LogP contribution in [0.4, 0.5) is 5.69 Å². The van der Waals surface area contributed by atoms with Crippen molar-refractivity contribution in [3.8, 4) is 0 Å². The third-order valence-corrected chi connectivity index (χ3v) is 2.60. The Bertz CT molecular complexity index is 402. The molecule has 5 heteroatoms. The molecule has 16 heavy (non-hydrogen) atoms. The standard InChI is InChI=1S/C11H14N2O3/c14-7-9-3-8(6-12-10-1-2-10)4-11(5-9)13(15)16/h3-5,10,12,14H,1-2,6-7H2. The first kappa shape index (κ1) is 11.0. The fourth-order valence-electron chi connectivity index (χ4n) is 1.59. The molecule has 2 rings (SSSR count). The van der Waals surface area contributed by atoms with E-state index in [9.17, 15) is 10.1 Å². The van der Waals surface area contributed by atoms with Gasteiger partial charge in [0.1, 0.15) is 0 Å². The van der Waals surface area contributed by atoms with Crippen LogP contribution in [0.2, 0.25) is 0 Å². The van der Waals surface area contributed by atoms with Crippen molar-refractivity contribution >= 4 is 5.69 Å². The molecule has 2 N–H and O–H groups in total.